The first-order valence-electron chi connectivity index (χ1n) is 3.77. The van der Waals surface area contributed by atoms with Crippen molar-refractivity contribution in [3.63, 3.8) is 0 Å². The van der Waals surface area contributed by atoms with Crippen LogP contribution in [0.15, 0.2) is 30.3 Å². The molecule has 0 heterocycles. The third-order valence-corrected chi connectivity index (χ3v) is 1.51. The minimum Gasteiger partial charge on any atom is -0.497 e. The number of methoxy groups -OCH3 is 1. The molecule has 0 amide bonds. The van der Waals surface area contributed by atoms with Crippen molar-refractivity contribution < 1.29 is 14.6 Å². The Hall–Kier alpha value is -1.77. The van der Waals surface area contributed by atoms with Crippen LogP contribution in [-0.4, -0.2) is 18.2 Å². The van der Waals surface area contributed by atoms with Crippen molar-refractivity contribution in [2.75, 3.05) is 7.11 Å². The van der Waals surface area contributed by atoms with Crippen LogP contribution in [0.2, 0.25) is 0 Å². The van der Waals surface area contributed by atoms with E-state index in [1.54, 1.807) is 25.3 Å². The van der Waals surface area contributed by atoms with E-state index in [0.717, 1.165) is 11.6 Å². The number of carboxylic acids is 1. The average molecular weight is 178 g/mol. The van der Waals surface area contributed by atoms with Crippen molar-refractivity contribution >= 4 is 12.0 Å². The van der Waals surface area contributed by atoms with Gasteiger partial charge in [0.2, 0.25) is 0 Å². The van der Waals surface area contributed by atoms with E-state index in [9.17, 15) is 4.79 Å². The number of hydrogen-bond acceptors (Lipinski definition) is 2. The maximum absolute atomic E-state index is 10.2. The number of aliphatic carboxylic acids is 1. The van der Waals surface area contributed by atoms with E-state index in [0.29, 0.717) is 5.75 Å². The van der Waals surface area contributed by atoms with E-state index in [1.807, 2.05) is 6.07 Å². The maximum Gasteiger partial charge on any atom is 0.328 e. The van der Waals surface area contributed by atoms with Crippen LogP contribution < -0.4 is 4.74 Å². The lowest BCUT2D eigenvalue weighted by Gasteiger charge is -1.99. The van der Waals surface area contributed by atoms with Gasteiger partial charge in [0, 0.05) is 6.08 Å². The second-order valence-electron chi connectivity index (χ2n) is 2.45. The highest BCUT2D eigenvalue weighted by Crippen LogP contribution is 2.13. The van der Waals surface area contributed by atoms with Gasteiger partial charge in [-0.3, -0.25) is 0 Å². The van der Waals surface area contributed by atoms with Crippen molar-refractivity contribution in [2.45, 2.75) is 0 Å². The van der Waals surface area contributed by atoms with Crippen LogP contribution in [0.3, 0.4) is 0 Å². The van der Waals surface area contributed by atoms with Crippen LogP contribution >= 0.6 is 0 Å². The number of carbonyl (C=O) groups is 1. The molecule has 0 saturated carbocycles. The summed E-state index contributed by atoms with van der Waals surface area (Å²) in [6.07, 6.45) is 2.61. The molecule has 13 heavy (non-hydrogen) atoms. The van der Waals surface area contributed by atoms with Crippen molar-refractivity contribution in [1.82, 2.24) is 0 Å². The number of ether oxygens (including phenoxy) is 1. The molecule has 1 rings (SSSR count). The quantitative estimate of drug-likeness (QED) is 0.718. The lowest BCUT2D eigenvalue weighted by atomic mass is 10.2. The van der Waals surface area contributed by atoms with Gasteiger partial charge in [-0.05, 0) is 23.8 Å². The van der Waals surface area contributed by atoms with Crippen molar-refractivity contribution in [2.24, 2.45) is 0 Å². The molecule has 0 atom stereocenters. The van der Waals surface area contributed by atoms with Crippen LogP contribution in [0.5, 0.6) is 5.75 Å². The number of benzene rings is 1. The van der Waals surface area contributed by atoms with Gasteiger partial charge in [0.15, 0.2) is 0 Å². The zero-order valence-electron chi connectivity index (χ0n) is 7.23. The maximum atomic E-state index is 10.2. The fourth-order valence-corrected chi connectivity index (χ4v) is 0.913. The first kappa shape index (κ1) is 9.32. The minimum absolute atomic E-state index is 0.715. The Bertz CT molecular complexity index is 329. The van der Waals surface area contributed by atoms with Crippen LogP contribution in [0.25, 0.3) is 6.08 Å². The fraction of sp³-hybridized carbons (Fsp3) is 0.100. The van der Waals surface area contributed by atoms with Crippen LogP contribution in [0.4, 0.5) is 0 Å². The highest BCUT2D eigenvalue weighted by atomic mass is 16.5. The molecule has 0 fully saturated rings. The number of rotatable bonds is 3. The monoisotopic (exact) mass is 178 g/mol. The third kappa shape index (κ3) is 2.99. The molecule has 0 spiro atoms. The van der Waals surface area contributed by atoms with Crippen LogP contribution in [-0.2, 0) is 4.79 Å². The van der Waals surface area contributed by atoms with Gasteiger partial charge in [-0.15, -0.1) is 0 Å². The number of hydrogen-bond donors (Lipinski definition) is 1. The Kier molecular flexibility index (Phi) is 3.09. The molecule has 0 aliphatic rings. The molecule has 0 saturated heterocycles. The van der Waals surface area contributed by atoms with Crippen LogP contribution in [0, 0.1) is 0 Å². The normalized spacial score (nSPS) is 10.2. The molecule has 1 aromatic rings. The molecule has 0 radical (unpaired) electrons. The van der Waals surface area contributed by atoms with Gasteiger partial charge in [0.25, 0.3) is 0 Å². The van der Waals surface area contributed by atoms with E-state index in [-0.39, 0.29) is 0 Å². The molecule has 68 valence electrons. The Morgan fingerprint density at radius 3 is 2.92 bits per heavy atom. The second kappa shape index (κ2) is 4.30. The van der Waals surface area contributed by atoms with E-state index < -0.39 is 5.97 Å². The van der Waals surface area contributed by atoms with E-state index in [2.05, 4.69) is 0 Å². The predicted molar refractivity (Wildman–Crippen MR) is 49.7 cm³/mol. The summed E-state index contributed by atoms with van der Waals surface area (Å²) in [6.45, 7) is 0. The van der Waals surface area contributed by atoms with Crippen molar-refractivity contribution in [1.29, 1.82) is 0 Å². The SMILES string of the molecule is COc1cccc(/C=C\C(=O)O)c1. The average Bonchev–Trinajstić information content (AvgIpc) is 2.15. The molecule has 1 N–H and O–H groups in total. The van der Waals surface area contributed by atoms with Gasteiger partial charge >= 0.3 is 5.97 Å². The molecule has 0 aromatic heterocycles. The van der Waals surface area contributed by atoms with Gasteiger partial charge in [-0.25, -0.2) is 4.79 Å². The summed E-state index contributed by atoms with van der Waals surface area (Å²) in [5, 5.41) is 8.38. The third-order valence-electron chi connectivity index (χ3n) is 1.51. The predicted octanol–water partition coefficient (Wildman–Crippen LogP) is 1.79. The van der Waals surface area contributed by atoms with E-state index in [4.69, 9.17) is 9.84 Å². The Balaban J connectivity index is 2.83. The molecule has 0 aliphatic heterocycles. The molecule has 0 bridgehead atoms. The zero-order valence-corrected chi connectivity index (χ0v) is 7.23. The summed E-state index contributed by atoms with van der Waals surface area (Å²) in [7, 11) is 1.57. The Morgan fingerprint density at radius 1 is 1.54 bits per heavy atom. The van der Waals surface area contributed by atoms with Crippen molar-refractivity contribution in [3.8, 4) is 5.75 Å². The first-order valence-corrected chi connectivity index (χ1v) is 3.77. The molecule has 0 aliphatic carbocycles. The standard InChI is InChI=1S/C10H10O3/c1-13-9-4-2-3-8(7-9)5-6-10(11)12/h2-7H,1H3,(H,11,12)/b6-5-. The zero-order chi connectivity index (χ0) is 9.68. The van der Waals surface area contributed by atoms with Gasteiger partial charge < -0.3 is 9.84 Å². The van der Waals surface area contributed by atoms with E-state index in [1.165, 1.54) is 6.08 Å². The van der Waals surface area contributed by atoms with Gasteiger partial charge in [-0.2, -0.15) is 0 Å². The fourth-order valence-electron chi connectivity index (χ4n) is 0.913. The first-order chi connectivity index (χ1) is 6.22. The van der Waals surface area contributed by atoms with Crippen LogP contribution in [0.1, 0.15) is 5.56 Å². The molecule has 3 nitrogen and oxygen atoms in total. The molecule has 0 unspecified atom stereocenters. The van der Waals surface area contributed by atoms with Crippen molar-refractivity contribution in [3.05, 3.63) is 35.9 Å². The lowest BCUT2D eigenvalue weighted by Crippen LogP contribution is -1.86. The molecule has 1 aromatic carbocycles. The highest BCUT2D eigenvalue weighted by molar-refractivity contribution is 5.85. The Morgan fingerprint density at radius 2 is 2.31 bits per heavy atom. The summed E-state index contributed by atoms with van der Waals surface area (Å²) in [4.78, 5) is 10.2. The smallest absolute Gasteiger partial charge is 0.328 e. The number of carboxylic acid groups (broad SMARTS) is 1. The van der Waals surface area contributed by atoms with Gasteiger partial charge in [-0.1, -0.05) is 12.1 Å². The molecule has 3 heteroatoms. The summed E-state index contributed by atoms with van der Waals surface area (Å²) < 4.78 is 4.98. The molecular weight excluding hydrogens is 168 g/mol. The minimum atomic E-state index is -0.956. The summed E-state index contributed by atoms with van der Waals surface area (Å²) in [5.41, 5.74) is 0.807. The highest BCUT2D eigenvalue weighted by Gasteiger charge is 1.92. The summed E-state index contributed by atoms with van der Waals surface area (Å²) in [5.74, 6) is -0.240. The second-order valence-corrected chi connectivity index (χ2v) is 2.45. The summed E-state index contributed by atoms with van der Waals surface area (Å²) in [6, 6.07) is 7.18. The van der Waals surface area contributed by atoms with Gasteiger partial charge in [0.1, 0.15) is 5.75 Å². The van der Waals surface area contributed by atoms with E-state index >= 15 is 0 Å². The lowest BCUT2D eigenvalue weighted by molar-refractivity contribution is -0.131. The largest absolute Gasteiger partial charge is 0.497 e. The van der Waals surface area contributed by atoms with Gasteiger partial charge in [0.05, 0.1) is 7.11 Å². The topological polar surface area (TPSA) is 46.5 Å². The summed E-state index contributed by atoms with van der Waals surface area (Å²) >= 11 is 0. The molecular formula is C10H10O3. The Labute approximate surface area is 76.3 Å².